The first kappa shape index (κ1) is 15.2. The molecule has 1 atom stereocenters. The molecule has 112 valence electrons. The molecule has 21 heavy (non-hydrogen) atoms. The van der Waals surface area contributed by atoms with Gasteiger partial charge in [0.25, 0.3) is 5.56 Å². The zero-order valence-corrected chi connectivity index (χ0v) is 12.1. The second-order valence-corrected chi connectivity index (χ2v) is 5.04. The molecule has 0 aliphatic rings. The summed E-state index contributed by atoms with van der Waals surface area (Å²) < 4.78 is 0. The van der Waals surface area contributed by atoms with Gasteiger partial charge in [-0.25, -0.2) is 4.98 Å². The number of carboxylic acid groups (broad SMARTS) is 1. The van der Waals surface area contributed by atoms with Crippen LogP contribution in [0.1, 0.15) is 31.2 Å². The smallest absolute Gasteiger partial charge is 0.320 e. The van der Waals surface area contributed by atoms with Gasteiger partial charge in [-0.1, -0.05) is 25.5 Å². The van der Waals surface area contributed by atoms with Crippen molar-refractivity contribution in [1.82, 2.24) is 15.3 Å². The third-order valence-electron chi connectivity index (χ3n) is 3.38. The van der Waals surface area contributed by atoms with Crippen molar-refractivity contribution in [3.63, 3.8) is 0 Å². The Hall–Kier alpha value is -2.21. The topological polar surface area (TPSA) is 95.1 Å². The number of aromatic amines is 1. The molecule has 1 aromatic heterocycles. The predicted molar refractivity (Wildman–Crippen MR) is 80.3 cm³/mol. The Morgan fingerprint density at radius 3 is 2.90 bits per heavy atom. The van der Waals surface area contributed by atoms with E-state index in [1.165, 1.54) is 0 Å². The summed E-state index contributed by atoms with van der Waals surface area (Å²) in [5.74, 6) is -0.444. The Morgan fingerprint density at radius 2 is 2.24 bits per heavy atom. The highest BCUT2D eigenvalue weighted by molar-refractivity contribution is 5.80. The first-order valence-corrected chi connectivity index (χ1v) is 6.97. The van der Waals surface area contributed by atoms with Crippen LogP contribution in [-0.2, 0) is 11.3 Å². The highest BCUT2D eigenvalue weighted by Crippen LogP contribution is 2.11. The van der Waals surface area contributed by atoms with Gasteiger partial charge in [0.15, 0.2) is 0 Å². The number of carboxylic acids is 1. The van der Waals surface area contributed by atoms with E-state index < -0.39 is 12.0 Å². The highest BCUT2D eigenvalue weighted by Gasteiger charge is 2.16. The molecule has 3 N–H and O–H groups in total. The van der Waals surface area contributed by atoms with Crippen molar-refractivity contribution in [3.05, 3.63) is 39.9 Å². The van der Waals surface area contributed by atoms with Crippen LogP contribution in [0.4, 0.5) is 0 Å². The van der Waals surface area contributed by atoms with E-state index in [-0.39, 0.29) is 12.1 Å². The molecule has 0 radical (unpaired) electrons. The van der Waals surface area contributed by atoms with Crippen LogP contribution >= 0.6 is 0 Å². The third-order valence-corrected chi connectivity index (χ3v) is 3.38. The van der Waals surface area contributed by atoms with Crippen molar-refractivity contribution in [2.75, 3.05) is 0 Å². The largest absolute Gasteiger partial charge is 0.480 e. The molecule has 0 saturated carbocycles. The van der Waals surface area contributed by atoms with Crippen molar-refractivity contribution in [3.8, 4) is 0 Å². The van der Waals surface area contributed by atoms with Crippen molar-refractivity contribution in [2.24, 2.45) is 0 Å². The maximum Gasteiger partial charge on any atom is 0.320 e. The average molecular weight is 289 g/mol. The van der Waals surface area contributed by atoms with E-state index in [0.717, 1.165) is 12.0 Å². The Morgan fingerprint density at radius 1 is 1.48 bits per heavy atom. The number of benzene rings is 1. The number of nitrogens with one attached hydrogen (secondary N) is 2. The first-order chi connectivity index (χ1) is 10.0. The van der Waals surface area contributed by atoms with Gasteiger partial charge in [-0.05, 0) is 25.0 Å². The van der Waals surface area contributed by atoms with Gasteiger partial charge in [0, 0.05) is 0 Å². The molecule has 1 aromatic carbocycles. The number of hydrogen-bond acceptors (Lipinski definition) is 4. The molecule has 1 heterocycles. The molecule has 2 aromatic rings. The Balaban J connectivity index is 2.25. The zero-order valence-electron chi connectivity index (χ0n) is 12.1. The van der Waals surface area contributed by atoms with Crippen LogP contribution in [0.25, 0.3) is 10.9 Å². The minimum Gasteiger partial charge on any atom is -0.480 e. The summed E-state index contributed by atoms with van der Waals surface area (Å²) in [6, 6.07) is 4.80. The normalized spacial score (nSPS) is 12.5. The van der Waals surface area contributed by atoms with Gasteiger partial charge in [-0.2, -0.15) is 0 Å². The van der Waals surface area contributed by atoms with Crippen molar-refractivity contribution < 1.29 is 9.90 Å². The quantitative estimate of drug-likeness (QED) is 0.750. The molecule has 6 heteroatoms. The van der Waals surface area contributed by atoms with Gasteiger partial charge >= 0.3 is 5.97 Å². The van der Waals surface area contributed by atoms with E-state index in [9.17, 15) is 9.59 Å². The predicted octanol–water partition coefficient (Wildman–Crippen LogP) is 1.57. The molecule has 0 spiro atoms. The summed E-state index contributed by atoms with van der Waals surface area (Å²) in [5, 5.41) is 12.6. The summed E-state index contributed by atoms with van der Waals surface area (Å²) in [6.45, 7) is 4.04. The number of fused-ring (bicyclic) bond motifs is 1. The molecule has 6 nitrogen and oxygen atoms in total. The van der Waals surface area contributed by atoms with Crippen LogP contribution in [0.5, 0.6) is 0 Å². The maximum absolute atomic E-state index is 12.0. The van der Waals surface area contributed by atoms with Gasteiger partial charge in [0.05, 0.1) is 17.4 Å². The molecule has 0 amide bonds. The Bertz CT molecular complexity index is 709. The number of carbonyl (C=O) groups is 1. The molecule has 0 fully saturated rings. The highest BCUT2D eigenvalue weighted by atomic mass is 16.4. The average Bonchev–Trinajstić information content (AvgIpc) is 2.44. The fraction of sp³-hybridized carbons (Fsp3) is 0.400. The number of aromatic nitrogens is 2. The minimum absolute atomic E-state index is 0.206. The van der Waals surface area contributed by atoms with E-state index in [2.05, 4.69) is 15.3 Å². The molecule has 0 bridgehead atoms. The molecule has 1 unspecified atom stereocenters. The van der Waals surface area contributed by atoms with E-state index in [1.807, 2.05) is 26.0 Å². The summed E-state index contributed by atoms with van der Waals surface area (Å²) in [7, 11) is 0. The number of aliphatic carboxylic acids is 1. The van der Waals surface area contributed by atoms with Crippen LogP contribution in [0.15, 0.2) is 23.0 Å². The summed E-state index contributed by atoms with van der Waals surface area (Å²) >= 11 is 0. The van der Waals surface area contributed by atoms with Gasteiger partial charge in [0.2, 0.25) is 0 Å². The van der Waals surface area contributed by atoms with E-state index >= 15 is 0 Å². The fourth-order valence-electron chi connectivity index (χ4n) is 2.26. The number of rotatable bonds is 6. The molecular weight excluding hydrogens is 270 g/mol. The number of hydrogen-bond donors (Lipinski definition) is 3. The lowest BCUT2D eigenvalue weighted by Crippen LogP contribution is -2.36. The van der Waals surface area contributed by atoms with Crippen LogP contribution in [0, 0.1) is 6.92 Å². The summed E-state index contributed by atoms with van der Waals surface area (Å²) in [6.07, 6.45) is 1.30. The Kier molecular flexibility index (Phi) is 4.70. The second kappa shape index (κ2) is 6.49. The van der Waals surface area contributed by atoms with Crippen LogP contribution < -0.4 is 10.9 Å². The zero-order chi connectivity index (χ0) is 15.4. The summed E-state index contributed by atoms with van der Waals surface area (Å²) in [4.78, 5) is 30.2. The van der Waals surface area contributed by atoms with E-state index in [1.54, 1.807) is 6.07 Å². The standard InChI is InChI=1S/C15H19N3O3/c1-3-5-11(15(20)21)16-8-12-17-13-9(2)6-4-7-10(13)14(19)18-12/h4,6-7,11,16H,3,5,8H2,1-2H3,(H,20,21)(H,17,18,19). The Labute approximate surface area is 122 Å². The van der Waals surface area contributed by atoms with Gasteiger partial charge in [-0.15, -0.1) is 0 Å². The first-order valence-electron chi connectivity index (χ1n) is 6.97. The molecule has 0 aliphatic carbocycles. The molecule has 0 aliphatic heterocycles. The van der Waals surface area contributed by atoms with Gasteiger partial charge < -0.3 is 10.1 Å². The second-order valence-electron chi connectivity index (χ2n) is 5.04. The number of para-hydroxylation sites is 1. The van der Waals surface area contributed by atoms with Crippen molar-refractivity contribution in [2.45, 2.75) is 39.3 Å². The SMILES string of the molecule is CCCC(NCc1nc2c(C)cccc2c(=O)[nH]1)C(=O)O. The van der Waals surface area contributed by atoms with Crippen molar-refractivity contribution >= 4 is 16.9 Å². The number of nitrogens with zero attached hydrogens (tertiary/aromatic N) is 1. The molecule has 2 rings (SSSR count). The van der Waals surface area contributed by atoms with Crippen LogP contribution in [0.3, 0.4) is 0 Å². The monoisotopic (exact) mass is 289 g/mol. The fourth-order valence-corrected chi connectivity index (χ4v) is 2.26. The minimum atomic E-state index is -0.892. The molecular formula is C15H19N3O3. The number of H-pyrrole nitrogens is 1. The van der Waals surface area contributed by atoms with Crippen LogP contribution in [-0.4, -0.2) is 27.1 Å². The van der Waals surface area contributed by atoms with Gasteiger partial charge in [0.1, 0.15) is 11.9 Å². The maximum atomic E-state index is 12.0. The van der Waals surface area contributed by atoms with E-state index in [0.29, 0.717) is 23.1 Å². The van der Waals surface area contributed by atoms with Crippen LogP contribution in [0.2, 0.25) is 0 Å². The third kappa shape index (κ3) is 3.46. The lowest BCUT2D eigenvalue weighted by atomic mass is 10.1. The van der Waals surface area contributed by atoms with Crippen molar-refractivity contribution in [1.29, 1.82) is 0 Å². The number of aryl methyl sites for hydroxylation is 1. The van der Waals surface area contributed by atoms with E-state index in [4.69, 9.17) is 5.11 Å². The lowest BCUT2D eigenvalue weighted by Gasteiger charge is -2.13. The lowest BCUT2D eigenvalue weighted by molar-refractivity contribution is -0.139. The summed E-state index contributed by atoms with van der Waals surface area (Å²) in [5.41, 5.74) is 1.37. The molecule has 0 saturated heterocycles. The van der Waals surface area contributed by atoms with Gasteiger partial charge in [-0.3, -0.25) is 14.9 Å².